The maximum atomic E-state index is 14.6. The number of aromatic carboxylic acids is 1. The number of aromatic nitrogens is 7. The number of carboxylic acid groups (broad SMARTS) is 1. The molecule has 0 aliphatic carbocycles. The van der Waals surface area contributed by atoms with Gasteiger partial charge < -0.3 is 45.3 Å². The summed E-state index contributed by atoms with van der Waals surface area (Å²) in [5.74, 6) is -8.28. The number of aromatic amines is 2. The Bertz CT molecular complexity index is 5220. The Balaban J connectivity index is 0.000000238. The molecule has 5 heterocycles. The molecule has 0 amide bonds. The van der Waals surface area contributed by atoms with Gasteiger partial charge in [0.15, 0.2) is 0 Å². The molecule has 504 valence electrons. The standard InChI is InChI=1S/C24H15F2N3O3.C19H14F2INO3.C12H9F2NO3.C8H9Br.C7H6N2.CH2O3.2K.H/c25-17-9-10-18(26)22-21(17)23(30)16(24(31)32)12-28(22)11-14-5-7-15(8-6-14)29-13-27-19-3-1-2-4-20(19)29;1-2-26-19(25)13-10-23(9-11-3-5-12(22)6-4-11)17-15(21)8-7-14(20)16(17)18(13)24;1-2-18-12(17)6-5-15-10-8(14)4-3-7(13)9(10)11(6)16;1-7-2-4-8(6-9)5-3-7;1-2-4-7-6(3-1)8-5-9-7;2-1-4-3;;;/h1-10,12-13H,11H2,(H,31,32);3-8,10H,2,9H2,1H3;3-5H,2H2,1H3,(H,15,16);2-5H,6H2,1H3;1-5H,(H,8,9);1,3H;;;/q;;;;;;2*+1;-1/p-1. The topological polar surface area (TPSA) is 263 Å². The molecule has 3 N–H and O–H groups in total. The summed E-state index contributed by atoms with van der Waals surface area (Å²) in [6.07, 6.45) is 6.71. The molecule has 5 aromatic heterocycles. The zero-order valence-electron chi connectivity index (χ0n) is 54.7. The van der Waals surface area contributed by atoms with Gasteiger partial charge in [0.25, 0.3) is 6.47 Å². The number of alkyl halides is 1. The van der Waals surface area contributed by atoms with E-state index in [1.807, 2.05) is 89.5 Å². The number of hydrogen-bond acceptors (Lipinski definition) is 13. The normalized spacial score (nSPS) is 10.4. The van der Waals surface area contributed by atoms with Gasteiger partial charge in [-0.05, 0) is 145 Å². The molecule has 0 bridgehead atoms. The first kappa shape index (κ1) is 81.2. The van der Waals surface area contributed by atoms with Crippen LogP contribution in [0, 0.1) is 45.4 Å². The predicted molar refractivity (Wildman–Crippen MR) is 366 cm³/mol. The second kappa shape index (κ2) is 38.9. The summed E-state index contributed by atoms with van der Waals surface area (Å²) in [6.45, 7) is 5.46. The van der Waals surface area contributed by atoms with Crippen LogP contribution < -0.4 is 124 Å². The molecule has 0 saturated heterocycles. The number of hydrogen-bond donors (Lipinski definition) is 3. The van der Waals surface area contributed by atoms with Crippen molar-refractivity contribution >= 4 is 118 Å². The molecule has 0 spiro atoms. The number of aryl methyl sites for hydroxylation is 1. The number of imidazole rings is 2. The number of para-hydroxylation sites is 4. The summed E-state index contributed by atoms with van der Waals surface area (Å²) in [6, 6.07) is 44.2. The largest absolute Gasteiger partial charge is 1.00 e. The third-order valence-electron chi connectivity index (χ3n) is 14.3. The van der Waals surface area contributed by atoms with Crippen LogP contribution in [0.25, 0.3) is 60.5 Å². The molecule has 13 aromatic rings. The van der Waals surface area contributed by atoms with E-state index in [4.69, 9.17) is 14.8 Å². The molecular weight excluding hydrogens is 1540 g/mol. The Morgan fingerprint density at radius 2 is 1.05 bits per heavy atom. The van der Waals surface area contributed by atoms with Crippen molar-refractivity contribution in [1.82, 2.24) is 33.6 Å². The third-order valence-corrected chi connectivity index (χ3v) is 15.7. The summed E-state index contributed by atoms with van der Waals surface area (Å²) in [5.41, 5.74) is 4.11. The number of halogens is 8. The van der Waals surface area contributed by atoms with E-state index in [0.717, 1.165) is 91.0 Å². The van der Waals surface area contributed by atoms with Gasteiger partial charge in [-0.1, -0.05) is 94.3 Å². The Hall–Kier alpha value is -7.77. The SMILES string of the molecule is CCOC(=O)c1c[nH]c2c(F)ccc(F)c2c1=O.CCOC(=O)c1cn(Cc2ccc(I)cc2)c2c(F)ccc(F)c2c1=O.Cc1ccc(CBr)cc1.O=C(O)c1cn(Cc2ccc(-n3cnc4ccccc43)cc2)c2c(F)ccc(F)c2c1=O.O=CO[O-].[H-].[K+].[K+].c1ccc2[nH]cnc2c1. The van der Waals surface area contributed by atoms with E-state index in [0.29, 0.717) is 5.56 Å². The molecule has 0 unspecified atom stereocenters. The molecule has 29 heteroatoms. The number of benzene rings is 8. The second-order valence-electron chi connectivity index (χ2n) is 20.7. The number of esters is 2. The summed E-state index contributed by atoms with van der Waals surface area (Å²) in [7, 11) is 0. The molecule has 0 aliphatic rings. The molecular formula is C71H55BrF6IK2N7O12. The van der Waals surface area contributed by atoms with Crippen LogP contribution in [0.1, 0.15) is 68.6 Å². The molecule has 100 heavy (non-hydrogen) atoms. The van der Waals surface area contributed by atoms with Crippen LogP contribution >= 0.6 is 38.5 Å². The zero-order chi connectivity index (χ0) is 70.7. The van der Waals surface area contributed by atoms with Crippen molar-refractivity contribution in [2.45, 2.75) is 39.2 Å². The average Bonchev–Trinajstić information content (AvgIpc) is 1.51. The third kappa shape index (κ3) is 20.3. The number of ether oxygens (including phenoxy) is 2. The molecule has 0 radical (unpaired) electrons. The van der Waals surface area contributed by atoms with Crippen LogP contribution in [0.3, 0.4) is 0 Å². The van der Waals surface area contributed by atoms with Crippen molar-refractivity contribution in [1.29, 1.82) is 0 Å². The number of carbonyl (C=O) groups excluding carboxylic acids is 3. The van der Waals surface area contributed by atoms with E-state index in [2.05, 4.69) is 99.3 Å². The molecule has 0 fully saturated rings. The van der Waals surface area contributed by atoms with Gasteiger partial charge in [0, 0.05) is 46.3 Å². The maximum absolute atomic E-state index is 14.6. The quantitative estimate of drug-likeness (QED) is 0.0157. The van der Waals surface area contributed by atoms with Gasteiger partial charge in [0.05, 0.1) is 74.3 Å². The Morgan fingerprint density at radius 1 is 0.590 bits per heavy atom. The van der Waals surface area contributed by atoms with Crippen LogP contribution in [0.5, 0.6) is 0 Å². The van der Waals surface area contributed by atoms with E-state index >= 15 is 0 Å². The number of fused-ring (bicyclic) bond motifs is 5. The van der Waals surface area contributed by atoms with E-state index in [9.17, 15) is 60.2 Å². The minimum absolute atomic E-state index is 0. The van der Waals surface area contributed by atoms with Gasteiger partial charge in [-0.3, -0.25) is 23.7 Å². The first-order valence-electron chi connectivity index (χ1n) is 29.2. The van der Waals surface area contributed by atoms with Crippen molar-refractivity contribution in [3.8, 4) is 5.69 Å². The molecule has 13 rings (SSSR count). The fourth-order valence-corrected chi connectivity index (χ4v) is 10.5. The molecule has 0 atom stereocenters. The van der Waals surface area contributed by atoms with Crippen molar-refractivity contribution in [2.75, 3.05) is 13.2 Å². The van der Waals surface area contributed by atoms with E-state index in [1.54, 1.807) is 38.6 Å². The van der Waals surface area contributed by atoms with E-state index in [1.165, 1.54) is 26.5 Å². The molecule has 0 aliphatic heterocycles. The van der Waals surface area contributed by atoms with E-state index in [-0.39, 0.29) is 165 Å². The Kier molecular flexibility index (Phi) is 31.6. The smallest absolute Gasteiger partial charge is 1.00 e. The van der Waals surface area contributed by atoms with Gasteiger partial charge in [0.1, 0.15) is 57.9 Å². The summed E-state index contributed by atoms with van der Waals surface area (Å²) < 4.78 is 99.6. The van der Waals surface area contributed by atoms with Gasteiger partial charge in [-0.2, -0.15) is 0 Å². The van der Waals surface area contributed by atoms with Crippen molar-refractivity contribution < 1.29 is 174 Å². The number of carbonyl (C=O) groups is 4. The fraction of sp³-hybridized carbons (Fsp3) is 0.113. The van der Waals surface area contributed by atoms with E-state index < -0.39 is 90.8 Å². The Morgan fingerprint density at radius 3 is 1.58 bits per heavy atom. The Labute approximate surface area is 672 Å². The molecule has 19 nitrogen and oxygen atoms in total. The minimum atomic E-state index is -1.50. The summed E-state index contributed by atoms with van der Waals surface area (Å²) in [5, 5.41) is 17.2. The summed E-state index contributed by atoms with van der Waals surface area (Å²) >= 11 is 5.54. The average molecular weight is 1600 g/mol. The van der Waals surface area contributed by atoms with Crippen LogP contribution in [-0.2, 0) is 37.6 Å². The molecule has 8 aromatic carbocycles. The minimum Gasteiger partial charge on any atom is -1.00 e. The zero-order valence-corrected chi connectivity index (χ0v) is 63.7. The number of carboxylic acids is 1. The number of pyridine rings is 3. The maximum Gasteiger partial charge on any atom is 1.00 e. The fourth-order valence-electron chi connectivity index (χ4n) is 9.75. The second-order valence-corrected chi connectivity index (χ2v) is 22.5. The van der Waals surface area contributed by atoms with Crippen LogP contribution in [0.2, 0.25) is 0 Å². The van der Waals surface area contributed by atoms with Crippen molar-refractivity contribution in [3.05, 3.63) is 297 Å². The monoisotopic (exact) mass is 1600 g/mol. The number of nitrogens with zero attached hydrogens (tertiary/aromatic N) is 5. The van der Waals surface area contributed by atoms with Crippen LogP contribution in [-0.4, -0.2) is 76.3 Å². The predicted octanol–water partition coefficient (Wildman–Crippen LogP) is 7.47. The number of H-pyrrole nitrogens is 2. The van der Waals surface area contributed by atoms with Crippen LogP contribution in [0.4, 0.5) is 26.3 Å². The van der Waals surface area contributed by atoms with Gasteiger partial charge in [0.2, 0.25) is 16.3 Å². The summed E-state index contributed by atoms with van der Waals surface area (Å²) in [4.78, 5) is 97.0. The first-order chi connectivity index (χ1) is 47.1. The first-order valence-corrected chi connectivity index (χ1v) is 31.4. The number of rotatable bonds is 12. The van der Waals surface area contributed by atoms with Gasteiger partial charge >= 0.3 is 121 Å². The van der Waals surface area contributed by atoms with Gasteiger partial charge in [-0.15, -0.1) is 0 Å². The van der Waals surface area contributed by atoms with Crippen molar-refractivity contribution in [2.24, 2.45) is 0 Å². The van der Waals surface area contributed by atoms with Crippen molar-refractivity contribution in [3.63, 3.8) is 0 Å². The van der Waals surface area contributed by atoms with Gasteiger partial charge in [-0.25, -0.2) is 50.7 Å². The molecule has 0 saturated carbocycles. The van der Waals surface area contributed by atoms with Crippen LogP contribution in [0.15, 0.2) is 203 Å². The number of nitrogens with one attached hydrogen (secondary N) is 2.